The molecule has 232 valence electrons. The van der Waals surface area contributed by atoms with Gasteiger partial charge in [-0.2, -0.15) is 4.31 Å². The zero-order valence-corrected chi connectivity index (χ0v) is 25.7. The van der Waals surface area contributed by atoms with E-state index in [0.29, 0.717) is 6.42 Å². The Balaban J connectivity index is 2.25. The molecule has 2 atom stereocenters. The van der Waals surface area contributed by atoms with Gasteiger partial charge in [-0.05, 0) is 36.6 Å². The van der Waals surface area contributed by atoms with Gasteiger partial charge in [0.05, 0.1) is 17.5 Å². The van der Waals surface area contributed by atoms with Crippen molar-refractivity contribution in [2.45, 2.75) is 50.1 Å². The molecule has 0 fully saturated rings. The van der Waals surface area contributed by atoms with Gasteiger partial charge in [0.15, 0.2) is 0 Å². The first-order valence-corrected chi connectivity index (χ1v) is 15.7. The highest BCUT2D eigenvalue weighted by atomic mass is 35.5. The number of carbonyl (C=O) groups is 3. The molecule has 0 radical (unpaired) electrons. The smallest absolute Gasteiger partial charge is 0.246 e. The fourth-order valence-corrected chi connectivity index (χ4v) is 6.26. The summed E-state index contributed by atoms with van der Waals surface area (Å²) < 4.78 is 27.5. The molecule has 3 amide bonds. The summed E-state index contributed by atoms with van der Waals surface area (Å²) in [6.07, 6.45) is 0.381. The van der Waals surface area contributed by atoms with Gasteiger partial charge in [0.1, 0.15) is 10.9 Å². The number of benzene rings is 2. The lowest BCUT2D eigenvalue weighted by Crippen LogP contribution is -2.52. The number of amides is 3. The lowest BCUT2D eigenvalue weighted by Gasteiger charge is -2.24. The molecule has 0 aromatic heterocycles. The molecule has 0 saturated carbocycles. The highest BCUT2D eigenvalue weighted by molar-refractivity contribution is 7.89. The van der Waals surface area contributed by atoms with Gasteiger partial charge in [0, 0.05) is 45.0 Å². The first-order chi connectivity index (χ1) is 20.0. The molecule has 8 N–H and O–H groups in total. The van der Waals surface area contributed by atoms with E-state index in [1.807, 2.05) is 30.3 Å². The van der Waals surface area contributed by atoms with Crippen molar-refractivity contribution in [3.63, 3.8) is 0 Å². The second-order valence-electron chi connectivity index (χ2n) is 9.58. The minimum Gasteiger partial charge on any atom is -0.343 e. The number of hydrogen-bond donors (Lipinski definition) is 5. The fourth-order valence-electron chi connectivity index (χ4n) is 4.30. The van der Waals surface area contributed by atoms with Gasteiger partial charge in [-0.15, -0.1) is 0 Å². The number of halogens is 1. The van der Waals surface area contributed by atoms with Crippen LogP contribution in [0.5, 0.6) is 0 Å². The second-order valence-corrected chi connectivity index (χ2v) is 11.9. The lowest BCUT2D eigenvalue weighted by atomic mass is 10.0. The largest absolute Gasteiger partial charge is 0.343 e. The summed E-state index contributed by atoms with van der Waals surface area (Å²) in [6, 6.07) is 11.3. The zero-order chi connectivity index (χ0) is 31.3. The molecule has 2 aromatic carbocycles. The Hall–Kier alpha value is -3.07. The molecule has 42 heavy (non-hydrogen) atoms. The highest BCUT2D eigenvalue weighted by Crippen LogP contribution is 2.28. The van der Waals surface area contributed by atoms with Crippen molar-refractivity contribution in [1.82, 2.24) is 14.5 Å². The average molecular weight is 624 g/mol. The molecule has 2 aromatic rings. The van der Waals surface area contributed by atoms with Crippen LogP contribution < -0.4 is 27.8 Å². The molecule has 2 rings (SSSR count). The van der Waals surface area contributed by atoms with Gasteiger partial charge in [-0.1, -0.05) is 55.8 Å². The number of nitrogens with one attached hydrogen (secondary N) is 2. The number of rotatable bonds is 17. The van der Waals surface area contributed by atoms with Crippen LogP contribution in [0.4, 0.5) is 5.69 Å². The van der Waals surface area contributed by atoms with E-state index in [4.69, 9.17) is 28.8 Å². The summed E-state index contributed by atoms with van der Waals surface area (Å²) >= 11 is 6.23. The van der Waals surface area contributed by atoms with Crippen LogP contribution in [0.25, 0.3) is 0 Å². The summed E-state index contributed by atoms with van der Waals surface area (Å²) in [7, 11) is -3.90. The van der Waals surface area contributed by atoms with Gasteiger partial charge in [-0.3, -0.25) is 14.4 Å². The summed E-state index contributed by atoms with van der Waals surface area (Å²) in [4.78, 5) is 40.4. The maximum atomic E-state index is 13.4. The van der Waals surface area contributed by atoms with Crippen molar-refractivity contribution in [2.24, 2.45) is 17.2 Å². The summed E-state index contributed by atoms with van der Waals surface area (Å²) in [5.41, 5.74) is 18.3. The third-order valence-corrected chi connectivity index (χ3v) is 9.13. The minimum atomic E-state index is -3.90. The molecule has 0 aliphatic carbocycles. The van der Waals surface area contributed by atoms with E-state index < -0.39 is 33.9 Å². The predicted molar refractivity (Wildman–Crippen MR) is 164 cm³/mol. The maximum absolute atomic E-state index is 13.4. The molecular formula is C28H42ClN7O5S. The molecule has 0 spiro atoms. The van der Waals surface area contributed by atoms with Crippen LogP contribution in [0.15, 0.2) is 53.4 Å². The fraction of sp³-hybridized carbons (Fsp3) is 0.464. The average Bonchev–Trinajstić information content (AvgIpc) is 2.96. The monoisotopic (exact) mass is 623 g/mol. The number of carbonyl (C=O) groups excluding carboxylic acids is 3. The van der Waals surface area contributed by atoms with Crippen LogP contribution >= 0.6 is 11.6 Å². The Morgan fingerprint density at radius 2 is 1.57 bits per heavy atom. The van der Waals surface area contributed by atoms with Crippen LogP contribution in [0.1, 0.15) is 32.3 Å². The van der Waals surface area contributed by atoms with E-state index >= 15 is 0 Å². The van der Waals surface area contributed by atoms with Crippen molar-refractivity contribution < 1.29 is 22.8 Å². The number of nitrogens with two attached hydrogens (primary N) is 3. The standard InChI is InChI=1S/C28H42ClN7O5S/c1-3-36(4-2)42(40,41)25-18-21(11-12-22(25)29)33-28(39)24(13-10-20-8-6-5-7-9-20)34-27(38)23(32)19-26(37)35(16-14-30)17-15-31/h5-9,11-12,18,23-24H,3-4,10,13-17,19,30-32H2,1-2H3,(H,33,39)(H,34,38)/t23-,24-/m0/s1. The summed E-state index contributed by atoms with van der Waals surface area (Å²) in [5.74, 6) is -1.64. The van der Waals surface area contributed by atoms with Crippen molar-refractivity contribution in [3.05, 3.63) is 59.1 Å². The SMILES string of the molecule is CCN(CC)S(=O)(=O)c1cc(NC(=O)[C@H](CCc2ccccc2)NC(=O)[C@@H](N)CC(=O)N(CCN)CCN)ccc1Cl. The Labute approximate surface area is 253 Å². The van der Waals surface area contributed by atoms with Crippen molar-refractivity contribution in [2.75, 3.05) is 44.6 Å². The van der Waals surface area contributed by atoms with Crippen LogP contribution in [0.2, 0.25) is 5.02 Å². The zero-order valence-electron chi connectivity index (χ0n) is 24.1. The van der Waals surface area contributed by atoms with E-state index in [0.717, 1.165) is 5.56 Å². The topological polar surface area (TPSA) is 194 Å². The molecule has 0 heterocycles. The Bertz CT molecular complexity index is 1290. The van der Waals surface area contributed by atoms with Crippen molar-refractivity contribution >= 4 is 45.0 Å². The van der Waals surface area contributed by atoms with Gasteiger partial charge in [0.25, 0.3) is 0 Å². The van der Waals surface area contributed by atoms with Gasteiger partial charge in [-0.25, -0.2) is 8.42 Å². The lowest BCUT2D eigenvalue weighted by molar-refractivity contribution is -0.134. The van der Waals surface area contributed by atoms with Crippen molar-refractivity contribution in [1.29, 1.82) is 0 Å². The van der Waals surface area contributed by atoms with E-state index in [2.05, 4.69) is 10.6 Å². The van der Waals surface area contributed by atoms with Crippen LogP contribution in [0, 0.1) is 0 Å². The predicted octanol–water partition coefficient (Wildman–Crippen LogP) is 0.890. The molecule has 0 aliphatic rings. The van der Waals surface area contributed by atoms with Gasteiger partial charge in [0.2, 0.25) is 27.7 Å². The van der Waals surface area contributed by atoms with E-state index in [9.17, 15) is 22.8 Å². The van der Waals surface area contributed by atoms with Gasteiger partial charge < -0.3 is 32.7 Å². The van der Waals surface area contributed by atoms with E-state index in [1.54, 1.807) is 13.8 Å². The summed E-state index contributed by atoms with van der Waals surface area (Å²) in [5, 5.41) is 5.37. The molecule has 12 nitrogen and oxygen atoms in total. The quantitative estimate of drug-likeness (QED) is 0.171. The first-order valence-electron chi connectivity index (χ1n) is 13.9. The molecule has 14 heteroatoms. The molecule has 0 saturated heterocycles. The molecule has 0 bridgehead atoms. The molecular weight excluding hydrogens is 582 g/mol. The third-order valence-electron chi connectivity index (χ3n) is 6.60. The first kappa shape index (κ1) is 35.1. The number of hydrogen-bond acceptors (Lipinski definition) is 8. The second kappa shape index (κ2) is 17.1. The number of anilines is 1. The third kappa shape index (κ3) is 10.0. The minimum absolute atomic E-state index is 0.0165. The normalized spacial score (nSPS) is 12.9. The van der Waals surface area contributed by atoms with Crippen molar-refractivity contribution in [3.8, 4) is 0 Å². The number of aryl methyl sites for hydroxylation is 1. The molecule has 0 unspecified atom stereocenters. The summed E-state index contributed by atoms with van der Waals surface area (Å²) in [6.45, 7) is 4.95. The number of sulfonamides is 1. The van der Waals surface area contributed by atoms with Crippen LogP contribution in [-0.2, 0) is 30.8 Å². The Kier molecular flexibility index (Phi) is 14.3. The Morgan fingerprint density at radius 3 is 2.14 bits per heavy atom. The molecule has 0 aliphatic heterocycles. The maximum Gasteiger partial charge on any atom is 0.246 e. The Morgan fingerprint density at radius 1 is 0.952 bits per heavy atom. The van der Waals surface area contributed by atoms with E-state index in [-0.39, 0.29) is 73.6 Å². The van der Waals surface area contributed by atoms with Crippen LogP contribution in [0.3, 0.4) is 0 Å². The number of nitrogens with zero attached hydrogens (tertiary/aromatic N) is 2. The van der Waals surface area contributed by atoms with E-state index in [1.165, 1.54) is 27.4 Å². The highest BCUT2D eigenvalue weighted by Gasteiger charge is 2.28. The van der Waals surface area contributed by atoms with Crippen LogP contribution in [-0.4, -0.2) is 86.7 Å². The van der Waals surface area contributed by atoms with Gasteiger partial charge >= 0.3 is 0 Å².